The van der Waals surface area contributed by atoms with Crippen molar-refractivity contribution in [3.8, 4) is 5.75 Å². The van der Waals surface area contributed by atoms with Crippen LogP contribution in [0.4, 0.5) is 0 Å². The molecule has 0 amide bonds. The molecule has 1 aliphatic rings. The van der Waals surface area contributed by atoms with Crippen molar-refractivity contribution in [3.05, 3.63) is 29.3 Å². The first-order valence-electron chi connectivity index (χ1n) is 7.17. The van der Waals surface area contributed by atoms with Gasteiger partial charge in [0.25, 0.3) is 0 Å². The van der Waals surface area contributed by atoms with E-state index in [1.54, 1.807) is 6.92 Å². The Hall–Kier alpha value is -1.51. The standard InChI is InChI=1S/C16H23NO2/c1-12-9-10-16(15(11-12)13(2)17-18)19-14-7-5-3-4-6-8-14/h9-11,14,18H,3-8H2,1-2H3/b17-13-. The van der Waals surface area contributed by atoms with Gasteiger partial charge in [-0.15, -0.1) is 0 Å². The van der Waals surface area contributed by atoms with Crippen LogP contribution in [0.2, 0.25) is 0 Å². The molecule has 2 rings (SSSR count). The van der Waals surface area contributed by atoms with Crippen LogP contribution < -0.4 is 4.74 Å². The van der Waals surface area contributed by atoms with Crippen LogP contribution in [0.5, 0.6) is 5.75 Å². The second kappa shape index (κ2) is 6.60. The fourth-order valence-corrected chi connectivity index (χ4v) is 2.62. The van der Waals surface area contributed by atoms with Crippen LogP contribution in [0, 0.1) is 6.92 Å². The molecular formula is C16H23NO2. The van der Waals surface area contributed by atoms with Crippen molar-refractivity contribution in [3.63, 3.8) is 0 Å². The summed E-state index contributed by atoms with van der Waals surface area (Å²) in [5.74, 6) is 0.841. The molecule has 0 aliphatic heterocycles. The molecule has 0 bridgehead atoms. The smallest absolute Gasteiger partial charge is 0.128 e. The first-order chi connectivity index (χ1) is 9.20. The summed E-state index contributed by atoms with van der Waals surface area (Å²) in [7, 11) is 0. The fourth-order valence-electron chi connectivity index (χ4n) is 2.62. The molecule has 104 valence electrons. The summed E-state index contributed by atoms with van der Waals surface area (Å²) in [6.07, 6.45) is 7.69. The Labute approximate surface area is 115 Å². The van der Waals surface area contributed by atoms with Crippen LogP contribution in [0.15, 0.2) is 23.4 Å². The third-order valence-corrected chi connectivity index (χ3v) is 3.77. The van der Waals surface area contributed by atoms with Gasteiger partial charge in [-0.05, 0) is 51.7 Å². The Morgan fingerprint density at radius 3 is 2.53 bits per heavy atom. The van der Waals surface area contributed by atoms with Gasteiger partial charge in [0.2, 0.25) is 0 Å². The van der Waals surface area contributed by atoms with Crippen LogP contribution in [-0.2, 0) is 0 Å². The molecule has 1 aromatic rings. The minimum absolute atomic E-state index is 0.301. The number of rotatable bonds is 3. The number of hydrogen-bond donors (Lipinski definition) is 1. The van der Waals surface area contributed by atoms with E-state index >= 15 is 0 Å². The number of nitrogens with zero attached hydrogens (tertiary/aromatic N) is 1. The molecule has 3 heteroatoms. The lowest BCUT2D eigenvalue weighted by Gasteiger charge is -2.19. The van der Waals surface area contributed by atoms with E-state index in [0.717, 1.165) is 29.7 Å². The molecule has 0 aromatic heterocycles. The summed E-state index contributed by atoms with van der Waals surface area (Å²) in [6.45, 7) is 3.83. The van der Waals surface area contributed by atoms with Gasteiger partial charge < -0.3 is 9.94 Å². The zero-order valence-electron chi connectivity index (χ0n) is 11.9. The maximum atomic E-state index is 8.99. The van der Waals surface area contributed by atoms with Crippen molar-refractivity contribution in [1.29, 1.82) is 0 Å². The van der Waals surface area contributed by atoms with E-state index in [1.165, 1.54) is 25.7 Å². The molecule has 1 saturated carbocycles. The monoisotopic (exact) mass is 261 g/mol. The topological polar surface area (TPSA) is 41.8 Å². The van der Waals surface area contributed by atoms with Gasteiger partial charge >= 0.3 is 0 Å². The van der Waals surface area contributed by atoms with Crippen molar-refractivity contribution in [2.24, 2.45) is 5.16 Å². The second-order valence-corrected chi connectivity index (χ2v) is 5.42. The average molecular weight is 261 g/mol. The van der Waals surface area contributed by atoms with E-state index in [-0.39, 0.29) is 0 Å². The maximum Gasteiger partial charge on any atom is 0.128 e. The van der Waals surface area contributed by atoms with E-state index in [1.807, 2.05) is 25.1 Å². The molecule has 0 spiro atoms. The number of hydrogen-bond acceptors (Lipinski definition) is 3. The molecule has 1 fully saturated rings. The highest BCUT2D eigenvalue weighted by Gasteiger charge is 2.16. The van der Waals surface area contributed by atoms with E-state index in [0.29, 0.717) is 11.8 Å². The predicted molar refractivity (Wildman–Crippen MR) is 77.3 cm³/mol. The van der Waals surface area contributed by atoms with E-state index < -0.39 is 0 Å². The summed E-state index contributed by atoms with van der Waals surface area (Å²) in [5, 5.41) is 12.3. The molecule has 3 nitrogen and oxygen atoms in total. The van der Waals surface area contributed by atoms with E-state index in [9.17, 15) is 0 Å². The maximum absolute atomic E-state index is 8.99. The highest BCUT2D eigenvalue weighted by Crippen LogP contribution is 2.26. The highest BCUT2D eigenvalue weighted by atomic mass is 16.5. The second-order valence-electron chi connectivity index (χ2n) is 5.42. The van der Waals surface area contributed by atoms with Crippen LogP contribution in [0.25, 0.3) is 0 Å². The van der Waals surface area contributed by atoms with Crippen molar-refractivity contribution in [1.82, 2.24) is 0 Å². The van der Waals surface area contributed by atoms with Crippen LogP contribution in [0.1, 0.15) is 56.6 Å². The summed E-state index contributed by atoms with van der Waals surface area (Å²) in [6, 6.07) is 6.05. The lowest BCUT2D eigenvalue weighted by molar-refractivity contribution is 0.183. The SMILES string of the molecule is C/C(=N/O)c1cc(C)ccc1OC1CCCCCC1. The largest absolute Gasteiger partial charge is 0.490 e. The fraction of sp³-hybridized carbons (Fsp3) is 0.562. The Balaban J connectivity index is 2.18. The summed E-state index contributed by atoms with van der Waals surface area (Å²) in [5.41, 5.74) is 2.64. The molecule has 1 aromatic carbocycles. The van der Waals surface area contributed by atoms with Gasteiger partial charge in [0.15, 0.2) is 0 Å². The van der Waals surface area contributed by atoms with Crippen molar-refractivity contribution < 1.29 is 9.94 Å². The van der Waals surface area contributed by atoms with Crippen LogP contribution >= 0.6 is 0 Å². The van der Waals surface area contributed by atoms with E-state index in [4.69, 9.17) is 9.94 Å². The Bertz CT molecular complexity index is 446. The van der Waals surface area contributed by atoms with Crippen LogP contribution in [0.3, 0.4) is 0 Å². The number of benzene rings is 1. The van der Waals surface area contributed by atoms with E-state index in [2.05, 4.69) is 5.16 Å². The molecule has 0 unspecified atom stereocenters. The zero-order valence-corrected chi connectivity index (χ0v) is 11.9. The Morgan fingerprint density at radius 1 is 1.21 bits per heavy atom. The van der Waals surface area contributed by atoms with Crippen molar-refractivity contribution in [2.75, 3.05) is 0 Å². The molecule has 0 radical (unpaired) electrons. The first kappa shape index (κ1) is 13.9. The van der Waals surface area contributed by atoms with Gasteiger partial charge in [0.05, 0.1) is 11.8 Å². The Kier molecular flexibility index (Phi) is 4.83. The summed E-state index contributed by atoms with van der Waals surface area (Å²) >= 11 is 0. The molecule has 1 N–H and O–H groups in total. The molecular weight excluding hydrogens is 238 g/mol. The van der Waals surface area contributed by atoms with Crippen molar-refractivity contribution in [2.45, 2.75) is 58.5 Å². The highest BCUT2D eigenvalue weighted by molar-refractivity contribution is 6.00. The van der Waals surface area contributed by atoms with Gasteiger partial charge in [-0.1, -0.05) is 29.6 Å². The molecule has 0 saturated heterocycles. The number of ether oxygens (including phenoxy) is 1. The normalized spacial score (nSPS) is 18.1. The minimum atomic E-state index is 0.301. The summed E-state index contributed by atoms with van der Waals surface area (Å²) in [4.78, 5) is 0. The quantitative estimate of drug-likeness (QED) is 0.381. The molecule has 0 atom stereocenters. The predicted octanol–water partition coefficient (Wildman–Crippen LogP) is 4.29. The average Bonchev–Trinajstić information content (AvgIpc) is 2.68. The lowest BCUT2D eigenvalue weighted by Crippen LogP contribution is -2.16. The first-order valence-corrected chi connectivity index (χ1v) is 7.17. The van der Waals surface area contributed by atoms with Crippen LogP contribution in [-0.4, -0.2) is 17.0 Å². The lowest BCUT2D eigenvalue weighted by atomic mass is 10.1. The molecule has 19 heavy (non-hydrogen) atoms. The van der Waals surface area contributed by atoms with Gasteiger partial charge in [-0.25, -0.2) is 0 Å². The molecule has 0 heterocycles. The summed E-state index contributed by atoms with van der Waals surface area (Å²) < 4.78 is 6.15. The number of oxime groups is 1. The Morgan fingerprint density at radius 2 is 1.89 bits per heavy atom. The number of aryl methyl sites for hydroxylation is 1. The third-order valence-electron chi connectivity index (χ3n) is 3.77. The third kappa shape index (κ3) is 3.72. The van der Waals surface area contributed by atoms with Gasteiger partial charge in [0, 0.05) is 5.56 Å². The minimum Gasteiger partial charge on any atom is -0.490 e. The van der Waals surface area contributed by atoms with Gasteiger partial charge in [-0.2, -0.15) is 0 Å². The van der Waals surface area contributed by atoms with Gasteiger partial charge in [-0.3, -0.25) is 0 Å². The van der Waals surface area contributed by atoms with Crippen molar-refractivity contribution >= 4 is 5.71 Å². The van der Waals surface area contributed by atoms with Gasteiger partial charge in [0.1, 0.15) is 5.75 Å². The molecule has 1 aliphatic carbocycles. The zero-order chi connectivity index (χ0) is 13.7.